The van der Waals surface area contributed by atoms with Crippen LogP contribution in [0, 0.1) is 5.41 Å². The number of aryl methyl sites for hydroxylation is 1. The maximum atomic E-state index is 11.1. The Kier molecular flexibility index (Phi) is 4.62. The average molecular weight is 390 g/mol. The molecule has 2 heterocycles. The van der Waals surface area contributed by atoms with Crippen LogP contribution in [0.5, 0.6) is 5.88 Å². The normalized spacial score (nSPS) is 26.9. The molecule has 5 rings (SSSR count). The quantitative estimate of drug-likeness (QED) is 0.781. The molecule has 7 heteroatoms. The molecule has 0 aliphatic heterocycles. The summed E-state index contributed by atoms with van der Waals surface area (Å²) in [6.45, 7) is 0. The number of methoxy groups -OCH3 is 1. The van der Waals surface area contributed by atoms with E-state index in [9.17, 15) is 4.79 Å². The van der Waals surface area contributed by atoms with Gasteiger partial charge in [-0.25, -0.2) is 9.78 Å². The Balaban J connectivity index is 1.53. The zero-order valence-electron chi connectivity index (χ0n) is 15.4. The fourth-order valence-electron chi connectivity index (χ4n) is 4.87. The molecule has 2 N–H and O–H groups in total. The third-order valence-corrected chi connectivity index (χ3v) is 6.95. The van der Waals surface area contributed by atoms with Crippen LogP contribution in [-0.2, 0) is 6.42 Å². The van der Waals surface area contributed by atoms with Crippen molar-refractivity contribution in [3.63, 3.8) is 0 Å². The molecular formula is C20H24ClN3O3. The number of amides is 1. The summed E-state index contributed by atoms with van der Waals surface area (Å²) < 4.78 is 5.26. The molecular weight excluding hydrogens is 366 g/mol. The van der Waals surface area contributed by atoms with Crippen molar-refractivity contribution in [3.05, 3.63) is 28.9 Å². The number of pyridine rings is 2. The van der Waals surface area contributed by atoms with E-state index in [1.54, 1.807) is 13.3 Å². The monoisotopic (exact) mass is 389 g/mol. The van der Waals surface area contributed by atoms with E-state index in [1.807, 2.05) is 12.1 Å². The molecule has 2 aromatic rings. The molecule has 0 aromatic carbocycles. The van der Waals surface area contributed by atoms with Crippen LogP contribution in [0.25, 0.3) is 11.0 Å². The molecule has 3 fully saturated rings. The minimum Gasteiger partial charge on any atom is -0.481 e. The fraction of sp³-hybridized carbons (Fsp3) is 0.550. The van der Waals surface area contributed by atoms with E-state index in [2.05, 4.69) is 15.3 Å². The SMILES string of the molecule is COc1ccc2ncc(Cl)c(CCC34CCC(NC(=O)O)(CC3)CC4)c2n1. The van der Waals surface area contributed by atoms with Crippen molar-refractivity contribution in [1.29, 1.82) is 0 Å². The van der Waals surface area contributed by atoms with Gasteiger partial charge in [-0.3, -0.25) is 4.98 Å². The second kappa shape index (κ2) is 6.82. The Morgan fingerprint density at radius 2 is 1.96 bits per heavy atom. The highest BCUT2D eigenvalue weighted by Crippen LogP contribution is 2.54. The molecule has 3 aliphatic rings. The smallest absolute Gasteiger partial charge is 0.405 e. The number of rotatable bonds is 5. The lowest BCUT2D eigenvalue weighted by molar-refractivity contribution is 0.0189. The number of hydrogen-bond donors (Lipinski definition) is 2. The first-order valence-corrected chi connectivity index (χ1v) is 9.81. The van der Waals surface area contributed by atoms with Gasteiger partial charge < -0.3 is 15.2 Å². The highest BCUT2D eigenvalue weighted by Gasteiger charge is 2.48. The van der Waals surface area contributed by atoms with Crippen LogP contribution in [0.4, 0.5) is 4.79 Å². The third kappa shape index (κ3) is 3.43. The van der Waals surface area contributed by atoms with Gasteiger partial charge in [0.05, 0.1) is 23.2 Å². The number of nitrogens with zero attached hydrogens (tertiary/aromatic N) is 2. The zero-order valence-corrected chi connectivity index (χ0v) is 16.2. The first kappa shape index (κ1) is 18.3. The first-order valence-electron chi connectivity index (χ1n) is 9.44. The van der Waals surface area contributed by atoms with Crippen LogP contribution < -0.4 is 10.1 Å². The van der Waals surface area contributed by atoms with Crippen LogP contribution in [-0.4, -0.2) is 33.8 Å². The molecule has 2 aromatic heterocycles. The number of hydrogen-bond acceptors (Lipinski definition) is 4. The second-order valence-corrected chi connectivity index (χ2v) is 8.42. The minimum atomic E-state index is -0.903. The molecule has 0 spiro atoms. The predicted octanol–water partition coefficient (Wildman–Crippen LogP) is 4.59. The van der Waals surface area contributed by atoms with E-state index in [0.29, 0.717) is 10.9 Å². The molecule has 144 valence electrons. The highest BCUT2D eigenvalue weighted by molar-refractivity contribution is 6.32. The van der Waals surface area contributed by atoms with Gasteiger partial charge in [0.15, 0.2) is 0 Å². The van der Waals surface area contributed by atoms with E-state index in [4.69, 9.17) is 21.4 Å². The lowest BCUT2D eigenvalue weighted by Gasteiger charge is -2.53. The summed E-state index contributed by atoms with van der Waals surface area (Å²) in [4.78, 5) is 20.1. The lowest BCUT2D eigenvalue weighted by atomic mass is 9.56. The summed E-state index contributed by atoms with van der Waals surface area (Å²) in [6, 6.07) is 3.72. The van der Waals surface area contributed by atoms with Crippen LogP contribution in [0.2, 0.25) is 5.02 Å². The largest absolute Gasteiger partial charge is 0.481 e. The molecule has 27 heavy (non-hydrogen) atoms. The number of aromatic nitrogens is 2. The molecule has 0 saturated heterocycles. The molecule has 0 atom stereocenters. The van der Waals surface area contributed by atoms with Crippen molar-refractivity contribution in [2.75, 3.05) is 7.11 Å². The van der Waals surface area contributed by atoms with Crippen LogP contribution in [0.15, 0.2) is 18.3 Å². The molecule has 0 unspecified atom stereocenters. The predicted molar refractivity (Wildman–Crippen MR) is 103 cm³/mol. The lowest BCUT2D eigenvalue weighted by Crippen LogP contribution is -2.56. The van der Waals surface area contributed by atoms with E-state index < -0.39 is 6.09 Å². The van der Waals surface area contributed by atoms with Crippen molar-refractivity contribution in [3.8, 4) is 5.88 Å². The summed E-state index contributed by atoms with van der Waals surface area (Å²) in [5.41, 5.74) is 2.74. The zero-order chi connectivity index (χ0) is 19.1. The van der Waals surface area contributed by atoms with Crippen molar-refractivity contribution in [2.24, 2.45) is 5.41 Å². The highest BCUT2D eigenvalue weighted by atomic mass is 35.5. The summed E-state index contributed by atoms with van der Waals surface area (Å²) in [5, 5.41) is 12.6. The van der Waals surface area contributed by atoms with Gasteiger partial charge >= 0.3 is 6.09 Å². The maximum Gasteiger partial charge on any atom is 0.405 e. The van der Waals surface area contributed by atoms with Crippen LogP contribution >= 0.6 is 11.6 Å². The van der Waals surface area contributed by atoms with Gasteiger partial charge in [-0.2, -0.15) is 0 Å². The summed E-state index contributed by atoms with van der Waals surface area (Å²) >= 11 is 6.48. The molecule has 0 radical (unpaired) electrons. The Hall–Kier alpha value is -2.08. The third-order valence-electron chi connectivity index (χ3n) is 6.63. The standard InChI is InChI=1S/C20H24ClN3O3/c1-27-16-3-2-15-17(23-16)13(14(21)12-22-15)4-5-19-6-9-20(10-7-19,11-8-19)24-18(25)26/h2-3,12,24H,4-11H2,1H3,(H,25,26). The first-order chi connectivity index (χ1) is 12.9. The number of carboxylic acid groups (broad SMARTS) is 1. The maximum absolute atomic E-state index is 11.1. The van der Waals surface area contributed by atoms with E-state index in [-0.39, 0.29) is 11.0 Å². The number of ether oxygens (including phenoxy) is 1. The molecule has 3 aliphatic carbocycles. The Morgan fingerprint density at radius 1 is 1.26 bits per heavy atom. The molecule has 2 bridgehead atoms. The second-order valence-electron chi connectivity index (χ2n) is 8.02. The van der Waals surface area contributed by atoms with Gasteiger partial charge in [-0.05, 0) is 62.8 Å². The fourth-order valence-corrected chi connectivity index (χ4v) is 5.10. The summed E-state index contributed by atoms with van der Waals surface area (Å²) in [7, 11) is 1.60. The van der Waals surface area contributed by atoms with Gasteiger partial charge in [-0.1, -0.05) is 11.6 Å². The van der Waals surface area contributed by atoms with Crippen molar-refractivity contribution >= 4 is 28.7 Å². The molecule has 6 nitrogen and oxygen atoms in total. The van der Waals surface area contributed by atoms with Crippen molar-refractivity contribution in [1.82, 2.24) is 15.3 Å². The van der Waals surface area contributed by atoms with Gasteiger partial charge in [0, 0.05) is 23.4 Å². The number of carbonyl (C=O) groups is 1. The van der Waals surface area contributed by atoms with Gasteiger partial charge in [0.1, 0.15) is 0 Å². The number of nitrogens with one attached hydrogen (secondary N) is 1. The Labute approximate surface area is 163 Å². The summed E-state index contributed by atoms with van der Waals surface area (Å²) in [6.07, 6.45) is 8.64. The Bertz CT molecular complexity index is 862. The van der Waals surface area contributed by atoms with E-state index in [1.165, 1.54) is 0 Å². The molecule has 3 saturated carbocycles. The number of fused-ring (bicyclic) bond motifs is 4. The minimum absolute atomic E-state index is 0.205. The van der Waals surface area contributed by atoms with Gasteiger partial charge in [-0.15, -0.1) is 0 Å². The average Bonchev–Trinajstić information content (AvgIpc) is 2.67. The summed E-state index contributed by atoms with van der Waals surface area (Å²) in [5.74, 6) is 0.561. The number of halogens is 1. The topological polar surface area (TPSA) is 84.3 Å². The van der Waals surface area contributed by atoms with Gasteiger partial charge in [0.25, 0.3) is 0 Å². The van der Waals surface area contributed by atoms with Crippen LogP contribution in [0.3, 0.4) is 0 Å². The Morgan fingerprint density at radius 3 is 2.59 bits per heavy atom. The van der Waals surface area contributed by atoms with Crippen molar-refractivity contribution < 1.29 is 14.6 Å². The van der Waals surface area contributed by atoms with Crippen LogP contribution in [0.1, 0.15) is 50.5 Å². The molecule has 1 amide bonds. The van der Waals surface area contributed by atoms with E-state index in [0.717, 1.165) is 68.0 Å². The van der Waals surface area contributed by atoms with Crippen molar-refractivity contribution in [2.45, 2.75) is 56.9 Å². The van der Waals surface area contributed by atoms with E-state index >= 15 is 0 Å². The van der Waals surface area contributed by atoms with Gasteiger partial charge in [0.2, 0.25) is 5.88 Å².